The molecule has 1 heterocycles. The minimum Gasteiger partial charge on any atom is -0.338 e. The van der Waals surface area contributed by atoms with E-state index in [-0.39, 0.29) is 19.1 Å². The Morgan fingerprint density at radius 3 is 2.67 bits per heavy atom. The van der Waals surface area contributed by atoms with Crippen LogP contribution in [-0.4, -0.2) is 48.7 Å². The molecule has 88 valence electrons. The Labute approximate surface area is 85.6 Å². The first-order valence-electron chi connectivity index (χ1n) is 4.67. The van der Waals surface area contributed by atoms with Crippen molar-refractivity contribution >= 4 is 5.91 Å². The lowest BCUT2D eigenvalue weighted by Crippen LogP contribution is -2.58. The molecule has 1 aliphatic heterocycles. The van der Waals surface area contributed by atoms with Crippen molar-refractivity contribution in [3.8, 4) is 0 Å². The summed E-state index contributed by atoms with van der Waals surface area (Å²) in [5.74, 6) is -1.05. The third-order valence-electron chi connectivity index (χ3n) is 2.30. The fourth-order valence-electron chi connectivity index (χ4n) is 1.47. The van der Waals surface area contributed by atoms with Gasteiger partial charge >= 0.3 is 6.18 Å². The summed E-state index contributed by atoms with van der Waals surface area (Å²) in [6.07, 6.45) is -4.66. The van der Waals surface area contributed by atoms with E-state index in [1.165, 1.54) is 0 Å². The van der Waals surface area contributed by atoms with Gasteiger partial charge in [-0.1, -0.05) is 0 Å². The van der Waals surface area contributed by atoms with Crippen LogP contribution in [0.5, 0.6) is 0 Å². The summed E-state index contributed by atoms with van der Waals surface area (Å²) < 4.78 is 36.5. The number of nitrogens with two attached hydrogens (primary N) is 1. The van der Waals surface area contributed by atoms with Crippen molar-refractivity contribution in [1.29, 1.82) is 0 Å². The van der Waals surface area contributed by atoms with Crippen LogP contribution in [0, 0.1) is 0 Å². The Morgan fingerprint density at radius 1 is 1.60 bits per heavy atom. The molecule has 7 heteroatoms. The van der Waals surface area contributed by atoms with E-state index in [0.29, 0.717) is 6.54 Å². The van der Waals surface area contributed by atoms with Gasteiger partial charge in [-0.25, -0.2) is 0 Å². The highest BCUT2D eigenvalue weighted by molar-refractivity contribution is 5.82. The molecule has 1 rings (SSSR count). The summed E-state index contributed by atoms with van der Waals surface area (Å²) in [7, 11) is 0. The fourth-order valence-corrected chi connectivity index (χ4v) is 1.47. The second-order valence-electron chi connectivity index (χ2n) is 3.66. The van der Waals surface area contributed by atoms with Crippen LogP contribution < -0.4 is 11.1 Å². The predicted octanol–water partition coefficient (Wildman–Crippen LogP) is -0.304. The molecule has 1 saturated heterocycles. The van der Waals surface area contributed by atoms with Crippen LogP contribution in [0.25, 0.3) is 0 Å². The standard InChI is InChI=1S/C8H14F3N3O/c1-5-4-14(3-2-13-5)7(15)6(12)8(9,10)11/h5-6,13H,2-4,12H2,1H3/t5-,6?/m1/s1. The first-order valence-corrected chi connectivity index (χ1v) is 4.67. The lowest BCUT2D eigenvalue weighted by atomic mass is 10.2. The van der Waals surface area contributed by atoms with E-state index in [1.807, 2.05) is 0 Å². The lowest BCUT2D eigenvalue weighted by Gasteiger charge is -2.33. The van der Waals surface area contributed by atoms with Gasteiger partial charge in [0.2, 0.25) is 5.91 Å². The van der Waals surface area contributed by atoms with Gasteiger partial charge in [-0.15, -0.1) is 0 Å². The predicted molar refractivity (Wildman–Crippen MR) is 48.1 cm³/mol. The Hall–Kier alpha value is -0.820. The monoisotopic (exact) mass is 225 g/mol. The smallest absolute Gasteiger partial charge is 0.338 e. The average molecular weight is 225 g/mol. The third kappa shape index (κ3) is 3.07. The summed E-state index contributed by atoms with van der Waals surface area (Å²) in [6, 6.07) is -2.40. The molecule has 3 N–H and O–H groups in total. The Kier molecular flexibility index (Phi) is 3.56. The zero-order valence-corrected chi connectivity index (χ0v) is 8.34. The molecule has 0 aromatic carbocycles. The summed E-state index contributed by atoms with van der Waals surface area (Å²) in [4.78, 5) is 12.5. The van der Waals surface area contributed by atoms with Gasteiger partial charge in [0.25, 0.3) is 0 Å². The van der Waals surface area contributed by atoms with Crippen molar-refractivity contribution in [2.75, 3.05) is 19.6 Å². The van der Waals surface area contributed by atoms with E-state index in [1.54, 1.807) is 6.92 Å². The number of amides is 1. The van der Waals surface area contributed by atoms with E-state index < -0.39 is 18.1 Å². The number of piperazine rings is 1. The van der Waals surface area contributed by atoms with Gasteiger partial charge in [-0.3, -0.25) is 4.79 Å². The molecule has 4 nitrogen and oxygen atoms in total. The van der Waals surface area contributed by atoms with E-state index >= 15 is 0 Å². The maximum Gasteiger partial charge on any atom is 0.412 e. The van der Waals surface area contributed by atoms with Crippen molar-refractivity contribution in [1.82, 2.24) is 10.2 Å². The van der Waals surface area contributed by atoms with Crippen LogP contribution in [0.3, 0.4) is 0 Å². The molecule has 0 bridgehead atoms. The van der Waals surface area contributed by atoms with Crippen molar-refractivity contribution < 1.29 is 18.0 Å². The van der Waals surface area contributed by atoms with Gasteiger partial charge < -0.3 is 16.0 Å². The number of nitrogens with zero attached hydrogens (tertiary/aromatic N) is 1. The van der Waals surface area contributed by atoms with E-state index in [0.717, 1.165) is 4.90 Å². The normalized spacial score (nSPS) is 25.1. The minimum atomic E-state index is -4.66. The molecule has 0 saturated carbocycles. The van der Waals surface area contributed by atoms with Crippen LogP contribution in [0.2, 0.25) is 0 Å². The van der Waals surface area contributed by atoms with Crippen molar-refractivity contribution in [3.05, 3.63) is 0 Å². The highest BCUT2D eigenvalue weighted by atomic mass is 19.4. The molecule has 1 unspecified atom stereocenters. The highest BCUT2D eigenvalue weighted by Gasteiger charge is 2.44. The SMILES string of the molecule is C[C@@H]1CN(C(=O)C(N)C(F)(F)F)CCN1. The number of carbonyl (C=O) groups is 1. The molecule has 0 spiro atoms. The maximum atomic E-state index is 12.2. The first kappa shape index (κ1) is 12.3. The molecule has 0 aromatic rings. The average Bonchev–Trinajstić information content (AvgIpc) is 2.14. The third-order valence-corrected chi connectivity index (χ3v) is 2.30. The van der Waals surface area contributed by atoms with Gasteiger partial charge in [0.05, 0.1) is 0 Å². The van der Waals surface area contributed by atoms with Crippen LogP contribution in [0.1, 0.15) is 6.92 Å². The number of nitrogens with one attached hydrogen (secondary N) is 1. The van der Waals surface area contributed by atoms with Gasteiger partial charge in [0, 0.05) is 25.7 Å². The second kappa shape index (κ2) is 4.36. The topological polar surface area (TPSA) is 58.4 Å². The summed E-state index contributed by atoms with van der Waals surface area (Å²) in [6.45, 7) is 2.84. The first-order chi connectivity index (χ1) is 6.82. The molecule has 15 heavy (non-hydrogen) atoms. The van der Waals surface area contributed by atoms with E-state index in [9.17, 15) is 18.0 Å². The van der Waals surface area contributed by atoms with Crippen molar-refractivity contribution in [3.63, 3.8) is 0 Å². The van der Waals surface area contributed by atoms with Gasteiger partial charge in [0.15, 0.2) is 6.04 Å². The number of alkyl halides is 3. The molecule has 1 fully saturated rings. The van der Waals surface area contributed by atoms with E-state index in [2.05, 4.69) is 5.32 Å². The lowest BCUT2D eigenvalue weighted by molar-refractivity contribution is -0.170. The van der Waals surface area contributed by atoms with E-state index in [4.69, 9.17) is 5.73 Å². The summed E-state index contributed by atoms with van der Waals surface area (Å²) in [5.41, 5.74) is 4.83. The molecule has 0 aliphatic carbocycles. The van der Waals surface area contributed by atoms with Crippen LogP contribution in [-0.2, 0) is 4.79 Å². The zero-order valence-electron chi connectivity index (χ0n) is 8.34. The Morgan fingerprint density at radius 2 is 2.20 bits per heavy atom. The Bertz CT molecular complexity index is 244. The highest BCUT2D eigenvalue weighted by Crippen LogP contribution is 2.20. The number of rotatable bonds is 1. The number of hydrogen-bond acceptors (Lipinski definition) is 3. The molecule has 1 aliphatic rings. The summed E-state index contributed by atoms with van der Waals surface area (Å²) >= 11 is 0. The number of hydrogen-bond donors (Lipinski definition) is 2. The second-order valence-corrected chi connectivity index (χ2v) is 3.66. The maximum absolute atomic E-state index is 12.2. The molecule has 1 amide bonds. The largest absolute Gasteiger partial charge is 0.412 e. The van der Waals surface area contributed by atoms with Crippen molar-refractivity contribution in [2.45, 2.75) is 25.2 Å². The quantitative estimate of drug-likeness (QED) is 0.644. The number of halogens is 3. The Balaban J connectivity index is 2.60. The number of carbonyl (C=O) groups excluding carboxylic acids is 1. The molecular weight excluding hydrogens is 211 g/mol. The van der Waals surface area contributed by atoms with Gasteiger partial charge in [0.1, 0.15) is 0 Å². The van der Waals surface area contributed by atoms with Gasteiger partial charge in [-0.2, -0.15) is 13.2 Å². The summed E-state index contributed by atoms with van der Waals surface area (Å²) in [5, 5.41) is 3.03. The fraction of sp³-hybridized carbons (Fsp3) is 0.875. The molecular formula is C8H14F3N3O. The van der Waals surface area contributed by atoms with Crippen molar-refractivity contribution in [2.24, 2.45) is 5.73 Å². The van der Waals surface area contributed by atoms with Crippen LogP contribution in [0.4, 0.5) is 13.2 Å². The molecule has 0 aromatic heterocycles. The van der Waals surface area contributed by atoms with Crippen LogP contribution >= 0.6 is 0 Å². The van der Waals surface area contributed by atoms with Gasteiger partial charge in [-0.05, 0) is 6.92 Å². The minimum absolute atomic E-state index is 0.00290. The van der Waals surface area contributed by atoms with Crippen LogP contribution in [0.15, 0.2) is 0 Å². The molecule has 0 radical (unpaired) electrons. The zero-order chi connectivity index (χ0) is 11.6. The molecule has 2 atom stereocenters.